The Morgan fingerprint density at radius 1 is 1.22 bits per heavy atom. The van der Waals surface area contributed by atoms with Crippen LogP contribution in [0, 0.1) is 29.1 Å². The lowest BCUT2D eigenvalue weighted by Crippen LogP contribution is -2.27. The Morgan fingerprint density at radius 2 is 1.89 bits per heavy atom. The molecule has 4 aliphatic carbocycles. The lowest BCUT2D eigenvalue weighted by Gasteiger charge is -2.36. The number of rotatable bonds is 0. The molecule has 4 rings (SSSR count). The van der Waals surface area contributed by atoms with Gasteiger partial charge in [0.05, 0.1) is 0 Å². The summed E-state index contributed by atoms with van der Waals surface area (Å²) in [6, 6.07) is 0. The average molecular weight is 122 g/mol. The minimum atomic E-state index is 0.740. The largest absolute Gasteiger partial charge is 0.0596 e. The Bertz CT molecular complexity index is 159. The van der Waals surface area contributed by atoms with Crippen molar-refractivity contribution in [2.45, 2.75) is 26.7 Å². The average Bonchev–Trinajstić information content (AvgIpc) is 2.43. The van der Waals surface area contributed by atoms with Crippen LogP contribution in [0.25, 0.3) is 0 Å². The first kappa shape index (κ1) is 4.76. The molecule has 0 amide bonds. The molecular formula is C9H14. The Morgan fingerprint density at radius 3 is 2.22 bits per heavy atom. The maximum Gasteiger partial charge on any atom is -0.0295 e. The van der Waals surface area contributed by atoms with E-state index in [2.05, 4.69) is 13.8 Å². The minimum absolute atomic E-state index is 0.740. The normalized spacial score (nSPS) is 64.7. The van der Waals surface area contributed by atoms with Gasteiger partial charge in [-0.2, -0.15) is 0 Å². The molecule has 0 nitrogen and oxygen atoms in total. The van der Waals surface area contributed by atoms with E-state index >= 15 is 0 Å². The van der Waals surface area contributed by atoms with Gasteiger partial charge in [-0.05, 0) is 41.9 Å². The van der Waals surface area contributed by atoms with Gasteiger partial charge in [0.2, 0.25) is 0 Å². The Labute approximate surface area is 56.6 Å². The Kier molecular flexibility index (Phi) is 0.518. The smallest absolute Gasteiger partial charge is 0.0295 e. The van der Waals surface area contributed by atoms with Crippen molar-refractivity contribution in [3.05, 3.63) is 0 Å². The second-order valence-corrected chi connectivity index (χ2v) is 4.87. The van der Waals surface area contributed by atoms with E-state index in [0.29, 0.717) is 0 Å². The molecule has 0 heteroatoms. The van der Waals surface area contributed by atoms with Crippen LogP contribution in [-0.2, 0) is 0 Å². The first-order valence-electron chi connectivity index (χ1n) is 4.22. The number of hydrogen-bond donors (Lipinski definition) is 0. The summed E-state index contributed by atoms with van der Waals surface area (Å²) in [5, 5.41) is 0. The summed E-state index contributed by atoms with van der Waals surface area (Å²) in [6.07, 6.45) is 3.06. The zero-order valence-electron chi connectivity index (χ0n) is 6.22. The SMILES string of the molecule is CC1(C)CCC2C3C2C31. The quantitative estimate of drug-likeness (QED) is 0.462. The summed E-state index contributed by atoms with van der Waals surface area (Å²) in [5.74, 6) is 4.86. The Balaban J connectivity index is 1.92. The summed E-state index contributed by atoms with van der Waals surface area (Å²) in [4.78, 5) is 0. The van der Waals surface area contributed by atoms with Gasteiger partial charge in [0.25, 0.3) is 0 Å². The fourth-order valence-corrected chi connectivity index (χ4v) is 3.31. The van der Waals surface area contributed by atoms with Gasteiger partial charge in [-0.15, -0.1) is 0 Å². The highest BCUT2D eigenvalue weighted by Crippen LogP contribution is 2.83. The van der Waals surface area contributed by atoms with Crippen molar-refractivity contribution in [3.8, 4) is 0 Å². The van der Waals surface area contributed by atoms with Gasteiger partial charge >= 0.3 is 0 Å². The molecule has 0 aromatic heterocycles. The third-order valence-electron chi connectivity index (χ3n) is 4.01. The molecule has 0 saturated heterocycles. The predicted octanol–water partition coefficient (Wildman–Crippen LogP) is 2.30. The molecule has 4 fully saturated rings. The van der Waals surface area contributed by atoms with E-state index in [-0.39, 0.29) is 0 Å². The molecule has 0 aliphatic heterocycles. The third-order valence-corrected chi connectivity index (χ3v) is 4.01. The van der Waals surface area contributed by atoms with Gasteiger partial charge in [-0.25, -0.2) is 0 Å². The molecule has 2 unspecified atom stereocenters. The van der Waals surface area contributed by atoms with Crippen molar-refractivity contribution < 1.29 is 0 Å². The van der Waals surface area contributed by atoms with Crippen LogP contribution in [0.4, 0.5) is 0 Å². The van der Waals surface area contributed by atoms with E-state index in [4.69, 9.17) is 0 Å². The highest BCUT2D eigenvalue weighted by molar-refractivity contribution is 5.25. The molecular weight excluding hydrogens is 108 g/mol. The van der Waals surface area contributed by atoms with Crippen molar-refractivity contribution in [1.29, 1.82) is 0 Å². The summed E-state index contributed by atoms with van der Waals surface area (Å²) in [5.41, 5.74) is 0.740. The van der Waals surface area contributed by atoms with Gasteiger partial charge in [0.1, 0.15) is 0 Å². The van der Waals surface area contributed by atoms with Gasteiger partial charge in [0.15, 0.2) is 0 Å². The van der Waals surface area contributed by atoms with E-state index in [1.807, 2.05) is 0 Å². The van der Waals surface area contributed by atoms with Crippen LogP contribution in [0.1, 0.15) is 26.7 Å². The minimum Gasteiger partial charge on any atom is -0.0596 e. The number of hydrogen-bond acceptors (Lipinski definition) is 0. The molecule has 0 heterocycles. The molecule has 4 aliphatic rings. The zero-order chi connectivity index (χ0) is 6.22. The van der Waals surface area contributed by atoms with Crippen LogP contribution in [0.3, 0.4) is 0 Å². The molecule has 9 heavy (non-hydrogen) atoms. The van der Waals surface area contributed by atoms with Crippen molar-refractivity contribution in [3.63, 3.8) is 0 Å². The van der Waals surface area contributed by atoms with Gasteiger partial charge in [-0.3, -0.25) is 0 Å². The maximum atomic E-state index is 2.46. The molecule has 50 valence electrons. The summed E-state index contributed by atoms with van der Waals surface area (Å²) in [6.45, 7) is 4.92. The number of fused-ring (bicyclic) bond motifs is 2. The van der Waals surface area contributed by atoms with Crippen molar-refractivity contribution in [2.24, 2.45) is 29.1 Å². The first-order chi connectivity index (χ1) is 4.22. The summed E-state index contributed by atoms with van der Waals surface area (Å²) in [7, 11) is 0. The molecule has 0 N–H and O–H groups in total. The van der Waals surface area contributed by atoms with Crippen molar-refractivity contribution in [1.82, 2.24) is 0 Å². The maximum absolute atomic E-state index is 2.46. The predicted molar refractivity (Wildman–Crippen MR) is 37.0 cm³/mol. The van der Waals surface area contributed by atoms with Crippen molar-refractivity contribution in [2.75, 3.05) is 0 Å². The topological polar surface area (TPSA) is 0 Å². The molecule has 0 aromatic rings. The highest BCUT2D eigenvalue weighted by atomic mass is 14.8. The van der Waals surface area contributed by atoms with E-state index in [9.17, 15) is 0 Å². The highest BCUT2D eigenvalue weighted by Gasteiger charge is 2.78. The zero-order valence-corrected chi connectivity index (χ0v) is 6.22. The van der Waals surface area contributed by atoms with Gasteiger partial charge in [-0.1, -0.05) is 13.8 Å². The van der Waals surface area contributed by atoms with E-state index in [1.54, 1.807) is 6.42 Å². The van der Waals surface area contributed by atoms with Crippen LogP contribution in [0.15, 0.2) is 0 Å². The lowest BCUT2D eigenvalue weighted by molar-refractivity contribution is 0.137. The molecule has 0 aromatic carbocycles. The van der Waals surface area contributed by atoms with E-state index < -0.39 is 0 Å². The summed E-state index contributed by atoms with van der Waals surface area (Å²) < 4.78 is 0. The Hall–Kier alpha value is 0. The van der Waals surface area contributed by atoms with Crippen LogP contribution in [-0.4, -0.2) is 0 Å². The van der Waals surface area contributed by atoms with Crippen LogP contribution >= 0.6 is 0 Å². The van der Waals surface area contributed by atoms with Gasteiger partial charge < -0.3 is 0 Å². The van der Waals surface area contributed by atoms with E-state index in [0.717, 1.165) is 5.41 Å². The fourth-order valence-electron chi connectivity index (χ4n) is 3.31. The molecule has 4 saturated carbocycles. The standard InChI is InChI=1S/C9H14/c1-9(2)4-3-5-6-7(5)8(6)9/h5-8H,3-4H2,1-2H3. The van der Waals surface area contributed by atoms with Crippen molar-refractivity contribution >= 4 is 0 Å². The van der Waals surface area contributed by atoms with Crippen LogP contribution in [0.5, 0.6) is 0 Å². The third kappa shape index (κ3) is 0.367. The fraction of sp³-hybridized carbons (Fsp3) is 1.00. The summed E-state index contributed by atoms with van der Waals surface area (Å²) >= 11 is 0. The first-order valence-corrected chi connectivity index (χ1v) is 4.22. The molecule has 2 atom stereocenters. The molecule has 0 spiro atoms. The molecule has 0 radical (unpaired) electrons. The van der Waals surface area contributed by atoms with Crippen LogP contribution in [0.2, 0.25) is 0 Å². The second kappa shape index (κ2) is 0.980. The van der Waals surface area contributed by atoms with E-state index in [1.165, 1.54) is 30.1 Å². The van der Waals surface area contributed by atoms with Crippen LogP contribution < -0.4 is 0 Å². The monoisotopic (exact) mass is 122 g/mol. The lowest BCUT2D eigenvalue weighted by atomic mass is 9.69. The molecule has 2 bridgehead atoms. The van der Waals surface area contributed by atoms with Gasteiger partial charge in [0, 0.05) is 0 Å². The second-order valence-electron chi connectivity index (χ2n) is 4.87.